The van der Waals surface area contributed by atoms with Crippen LogP contribution in [-0.2, 0) is 0 Å². The first kappa shape index (κ1) is 10.3. The van der Waals surface area contributed by atoms with Gasteiger partial charge in [-0.25, -0.2) is 0 Å². The van der Waals surface area contributed by atoms with Crippen LogP contribution in [0.25, 0.3) is 27.5 Å². The number of nitrogens with zero attached hydrogens (tertiary/aromatic N) is 1. The normalized spacial score (nSPS) is 11.4. The summed E-state index contributed by atoms with van der Waals surface area (Å²) >= 11 is 0. The fourth-order valence-electron chi connectivity index (χ4n) is 2.63. The number of nitrogens with one attached hydrogen (secondary N) is 1. The Balaban J connectivity index is 2.12. The highest BCUT2D eigenvalue weighted by molar-refractivity contribution is 5.92. The van der Waals surface area contributed by atoms with Crippen molar-refractivity contribution in [3.05, 3.63) is 60.8 Å². The lowest BCUT2D eigenvalue weighted by Gasteiger charge is -2.05. The molecular formula is C16H12N2O. The molecule has 0 aliphatic heterocycles. The Kier molecular flexibility index (Phi) is 1.97. The Morgan fingerprint density at radius 1 is 0.947 bits per heavy atom. The third-order valence-corrected chi connectivity index (χ3v) is 3.50. The molecule has 19 heavy (non-hydrogen) atoms. The van der Waals surface area contributed by atoms with Gasteiger partial charge in [-0.2, -0.15) is 0 Å². The zero-order valence-electron chi connectivity index (χ0n) is 10.2. The fourth-order valence-corrected chi connectivity index (χ4v) is 2.63. The van der Waals surface area contributed by atoms with E-state index in [1.165, 1.54) is 0 Å². The Morgan fingerprint density at radius 3 is 2.68 bits per heavy atom. The van der Waals surface area contributed by atoms with Gasteiger partial charge in [0.15, 0.2) is 5.88 Å². The lowest BCUT2D eigenvalue weighted by atomic mass is 10.2. The van der Waals surface area contributed by atoms with Gasteiger partial charge in [-0.3, -0.25) is 4.57 Å². The summed E-state index contributed by atoms with van der Waals surface area (Å²) < 4.78 is 1.87. The molecule has 2 N–H and O–H groups in total. The van der Waals surface area contributed by atoms with E-state index in [0.29, 0.717) is 0 Å². The zero-order valence-corrected chi connectivity index (χ0v) is 10.2. The van der Waals surface area contributed by atoms with Crippen molar-refractivity contribution >= 4 is 21.8 Å². The maximum Gasteiger partial charge on any atom is 0.196 e. The summed E-state index contributed by atoms with van der Waals surface area (Å²) in [6.45, 7) is 0. The number of aromatic nitrogens is 2. The molecule has 4 aromatic rings. The first-order chi connectivity index (χ1) is 9.34. The number of hydrogen-bond donors (Lipinski definition) is 2. The first-order valence-electron chi connectivity index (χ1n) is 6.20. The van der Waals surface area contributed by atoms with Gasteiger partial charge in [0.1, 0.15) is 0 Å². The lowest BCUT2D eigenvalue weighted by Crippen LogP contribution is -1.91. The topological polar surface area (TPSA) is 41.0 Å². The summed E-state index contributed by atoms with van der Waals surface area (Å²) in [4.78, 5) is 3.24. The van der Waals surface area contributed by atoms with Gasteiger partial charge in [0.2, 0.25) is 0 Å². The van der Waals surface area contributed by atoms with Crippen LogP contribution in [0.3, 0.4) is 0 Å². The van der Waals surface area contributed by atoms with E-state index in [2.05, 4.69) is 11.1 Å². The van der Waals surface area contributed by atoms with Crippen molar-refractivity contribution in [2.45, 2.75) is 0 Å². The summed E-state index contributed by atoms with van der Waals surface area (Å²) in [5.41, 5.74) is 3.04. The van der Waals surface area contributed by atoms with Crippen LogP contribution in [0.1, 0.15) is 0 Å². The van der Waals surface area contributed by atoms with E-state index in [1.54, 1.807) is 6.07 Å². The average molecular weight is 248 g/mol. The highest BCUT2D eigenvalue weighted by atomic mass is 16.3. The number of aromatic amines is 1. The van der Waals surface area contributed by atoms with E-state index in [-0.39, 0.29) is 5.88 Å². The Labute approximate surface area is 109 Å². The second kappa shape index (κ2) is 3.65. The molecule has 0 amide bonds. The molecule has 0 saturated carbocycles. The highest BCUT2D eigenvalue weighted by Gasteiger charge is 2.12. The summed E-state index contributed by atoms with van der Waals surface area (Å²) in [5, 5.41) is 12.3. The molecular weight excluding hydrogens is 236 g/mol. The number of benzene rings is 2. The Hall–Kier alpha value is -2.68. The molecule has 0 spiro atoms. The number of hydrogen-bond acceptors (Lipinski definition) is 1. The summed E-state index contributed by atoms with van der Waals surface area (Å²) in [6.07, 6.45) is 1.93. The van der Waals surface area contributed by atoms with Crippen LogP contribution in [0.5, 0.6) is 5.88 Å². The molecule has 0 fully saturated rings. The maximum atomic E-state index is 10.2. The maximum absolute atomic E-state index is 10.2. The van der Waals surface area contributed by atoms with E-state index in [9.17, 15) is 5.11 Å². The van der Waals surface area contributed by atoms with Gasteiger partial charge in [-0.05, 0) is 12.1 Å². The van der Waals surface area contributed by atoms with Gasteiger partial charge >= 0.3 is 0 Å². The van der Waals surface area contributed by atoms with Crippen LogP contribution < -0.4 is 0 Å². The van der Waals surface area contributed by atoms with Gasteiger partial charge in [0.05, 0.1) is 11.2 Å². The molecule has 2 aromatic carbocycles. The largest absolute Gasteiger partial charge is 0.494 e. The molecule has 4 rings (SSSR count). The number of aromatic hydroxyl groups is 1. The van der Waals surface area contributed by atoms with Crippen molar-refractivity contribution in [1.29, 1.82) is 0 Å². The number of fused-ring (bicyclic) bond motifs is 2. The SMILES string of the molecule is Oc1cc2ccccc2n1-c1c[nH]c2ccccc12. The molecule has 0 aliphatic carbocycles. The van der Waals surface area contributed by atoms with E-state index < -0.39 is 0 Å². The third-order valence-electron chi connectivity index (χ3n) is 3.50. The Morgan fingerprint density at radius 2 is 1.74 bits per heavy atom. The van der Waals surface area contributed by atoms with E-state index in [4.69, 9.17) is 0 Å². The molecule has 0 radical (unpaired) electrons. The second-order valence-corrected chi connectivity index (χ2v) is 4.62. The smallest absolute Gasteiger partial charge is 0.196 e. The first-order valence-corrected chi connectivity index (χ1v) is 6.20. The van der Waals surface area contributed by atoms with Crippen molar-refractivity contribution < 1.29 is 5.11 Å². The second-order valence-electron chi connectivity index (χ2n) is 4.62. The Bertz CT molecular complexity index is 886. The standard InChI is InChI=1S/C16H12N2O/c19-16-9-11-5-1-4-8-14(11)18(16)15-10-17-13-7-3-2-6-12(13)15/h1-10,17,19H. The molecule has 2 heterocycles. The zero-order chi connectivity index (χ0) is 12.8. The molecule has 0 aliphatic rings. The van der Waals surface area contributed by atoms with E-state index >= 15 is 0 Å². The number of rotatable bonds is 1. The van der Waals surface area contributed by atoms with Gasteiger partial charge in [0, 0.05) is 28.6 Å². The minimum absolute atomic E-state index is 0.256. The minimum atomic E-state index is 0.256. The van der Waals surface area contributed by atoms with Crippen LogP contribution in [0.2, 0.25) is 0 Å². The third kappa shape index (κ3) is 1.38. The van der Waals surface area contributed by atoms with E-state index in [1.807, 2.05) is 53.2 Å². The molecule has 3 nitrogen and oxygen atoms in total. The van der Waals surface area contributed by atoms with Crippen LogP contribution in [0, 0.1) is 0 Å². The molecule has 92 valence electrons. The quantitative estimate of drug-likeness (QED) is 0.528. The van der Waals surface area contributed by atoms with E-state index in [0.717, 1.165) is 27.5 Å². The van der Waals surface area contributed by atoms with Crippen molar-refractivity contribution in [3.63, 3.8) is 0 Å². The van der Waals surface area contributed by atoms with Gasteiger partial charge in [0.25, 0.3) is 0 Å². The molecule has 0 unspecified atom stereocenters. The summed E-state index contributed by atoms with van der Waals surface area (Å²) in [5.74, 6) is 0.256. The molecule has 0 atom stereocenters. The number of H-pyrrole nitrogens is 1. The molecule has 2 aromatic heterocycles. The van der Waals surface area contributed by atoms with Crippen LogP contribution >= 0.6 is 0 Å². The summed E-state index contributed by atoms with van der Waals surface area (Å²) in [7, 11) is 0. The lowest BCUT2D eigenvalue weighted by molar-refractivity contribution is 0.445. The van der Waals surface area contributed by atoms with Crippen LogP contribution in [0.15, 0.2) is 60.8 Å². The minimum Gasteiger partial charge on any atom is -0.494 e. The van der Waals surface area contributed by atoms with Crippen molar-refractivity contribution in [2.24, 2.45) is 0 Å². The van der Waals surface area contributed by atoms with Crippen LogP contribution in [-0.4, -0.2) is 14.7 Å². The van der Waals surface area contributed by atoms with Gasteiger partial charge < -0.3 is 10.1 Å². The average Bonchev–Trinajstić information content (AvgIpc) is 2.98. The monoisotopic (exact) mass is 248 g/mol. The predicted molar refractivity (Wildman–Crippen MR) is 76.8 cm³/mol. The molecule has 3 heteroatoms. The molecule has 0 bridgehead atoms. The van der Waals surface area contributed by atoms with Crippen molar-refractivity contribution in [1.82, 2.24) is 9.55 Å². The fraction of sp³-hybridized carbons (Fsp3) is 0. The van der Waals surface area contributed by atoms with Crippen molar-refractivity contribution in [3.8, 4) is 11.6 Å². The van der Waals surface area contributed by atoms with Crippen molar-refractivity contribution in [2.75, 3.05) is 0 Å². The number of para-hydroxylation sites is 2. The predicted octanol–water partition coefficient (Wildman–Crippen LogP) is 3.82. The summed E-state index contributed by atoms with van der Waals surface area (Å²) in [6, 6.07) is 17.8. The highest BCUT2D eigenvalue weighted by Crippen LogP contribution is 2.32. The molecule has 0 saturated heterocycles. The van der Waals surface area contributed by atoms with Gasteiger partial charge in [-0.1, -0.05) is 36.4 Å². The van der Waals surface area contributed by atoms with Gasteiger partial charge in [-0.15, -0.1) is 0 Å². The van der Waals surface area contributed by atoms with Crippen LogP contribution in [0.4, 0.5) is 0 Å².